The lowest BCUT2D eigenvalue weighted by molar-refractivity contribution is -0.137. The predicted octanol–water partition coefficient (Wildman–Crippen LogP) is 4.09. The molecule has 1 aromatic rings. The van der Waals surface area contributed by atoms with Crippen LogP contribution in [-0.2, 0) is 6.18 Å². The van der Waals surface area contributed by atoms with Gasteiger partial charge in [-0.25, -0.2) is 4.98 Å². The summed E-state index contributed by atoms with van der Waals surface area (Å²) in [5, 5.41) is 2.86. The second kappa shape index (κ2) is 4.94. The van der Waals surface area contributed by atoms with E-state index in [1.54, 1.807) is 0 Å². The molecule has 17 heavy (non-hydrogen) atoms. The van der Waals surface area contributed by atoms with Gasteiger partial charge in [0.1, 0.15) is 5.82 Å². The van der Waals surface area contributed by atoms with Crippen LogP contribution in [0, 0.1) is 0 Å². The molecule has 0 bridgehead atoms. The average molecular weight is 246 g/mol. The lowest BCUT2D eigenvalue weighted by atomic mass is 9.98. The van der Waals surface area contributed by atoms with Gasteiger partial charge in [-0.05, 0) is 32.4 Å². The summed E-state index contributed by atoms with van der Waals surface area (Å²) in [4.78, 5) is 3.78. The van der Waals surface area contributed by atoms with Crippen LogP contribution in [0.25, 0.3) is 0 Å². The van der Waals surface area contributed by atoms with E-state index in [4.69, 9.17) is 0 Å². The van der Waals surface area contributed by atoms with E-state index >= 15 is 0 Å². The third-order valence-corrected chi connectivity index (χ3v) is 2.44. The fourth-order valence-corrected chi connectivity index (χ4v) is 1.74. The lowest BCUT2D eigenvalue weighted by Gasteiger charge is -2.27. The highest BCUT2D eigenvalue weighted by molar-refractivity contribution is 5.47. The summed E-state index contributed by atoms with van der Waals surface area (Å²) in [6.45, 7) is 5.73. The maximum atomic E-state index is 12.7. The first-order chi connectivity index (χ1) is 7.76. The van der Waals surface area contributed by atoms with Gasteiger partial charge in [0.05, 0.1) is 5.56 Å². The van der Waals surface area contributed by atoms with Crippen LogP contribution in [-0.4, -0.2) is 10.5 Å². The van der Waals surface area contributed by atoms with Crippen molar-refractivity contribution in [3.8, 4) is 0 Å². The van der Waals surface area contributed by atoms with Crippen molar-refractivity contribution >= 4 is 5.82 Å². The Labute approximate surface area is 99.3 Å². The van der Waals surface area contributed by atoms with Crippen molar-refractivity contribution in [2.24, 2.45) is 0 Å². The van der Waals surface area contributed by atoms with Crippen molar-refractivity contribution in [2.75, 3.05) is 5.32 Å². The summed E-state index contributed by atoms with van der Waals surface area (Å²) in [7, 11) is 0. The van der Waals surface area contributed by atoms with E-state index < -0.39 is 17.3 Å². The first-order valence-electron chi connectivity index (χ1n) is 5.56. The standard InChI is InChI=1S/C12H17F3N2/c1-4-7-11(2,3)17-10-9(12(13,14)15)6-5-8-16-10/h5-6,8H,4,7H2,1-3H3,(H,16,17). The van der Waals surface area contributed by atoms with Gasteiger partial charge in [0.25, 0.3) is 0 Å². The minimum Gasteiger partial charge on any atom is -0.365 e. The maximum absolute atomic E-state index is 12.7. The number of pyridine rings is 1. The second-order valence-electron chi connectivity index (χ2n) is 4.66. The van der Waals surface area contributed by atoms with Crippen LogP contribution in [0.4, 0.5) is 19.0 Å². The number of nitrogens with zero attached hydrogens (tertiary/aromatic N) is 1. The van der Waals surface area contributed by atoms with E-state index in [1.807, 2.05) is 20.8 Å². The predicted molar refractivity (Wildman–Crippen MR) is 61.8 cm³/mol. The fraction of sp³-hybridized carbons (Fsp3) is 0.583. The molecule has 0 atom stereocenters. The van der Waals surface area contributed by atoms with Gasteiger partial charge in [0.15, 0.2) is 0 Å². The van der Waals surface area contributed by atoms with Crippen molar-refractivity contribution in [2.45, 2.75) is 45.3 Å². The number of alkyl halides is 3. The number of hydrogen-bond acceptors (Lipinski definition) is 2. The zero-order valence-electron chi connectivity index (χ0n) is 10.2. The molecule has 0 aromatic carbocycles. The Morgan fingerprint density at radius 1 is 1.29 bits per heavy atom. The fourth-order valence-electron chi connectivity index (χ4n) is 1.74. The third-order valence-electron chi connectivity index (χ3n) is 2.44. The number of rotatable bonds is 4. The summed E-state index contributed by atoms with van der Waals surface area (Å²) >= 11 is 0. The largest absolute Gasteiger partial charge is 0.419 e. The van der Waals surface area contributed by atoms with Gasteiger partial charge in [0.2, 0.25) is 0 Å². The smallest absolute Gasteiger partial charge is 0.365 e. The van der Waals surface area contributed by atoms with Gasteiger partial charge in [-0.15, -0.1) is 0 Å². The summed E-state index contributed by atoms with van der Waals surface area (Å²) in [6.07, 6.45) is -1.34. The van der Waals surface area contributed by atoms with E-state index in [2.05, 4.69) is 10.3 Å². The topological polar surface area (TPSA) is 24.9 Å². The molecule has 1 N–H and O–H groups in total. The molecule has 1 heterocycles. The number of anilines is 1. The lowest BCUT2D eigenvalue weighted by Crippen LogP contribution is -2.32. The van der Waals surface area contributed by atoms with Crippen LogP contribution >= 0.6 is 0 Å². The van der Waals surface area contributed by atoms with E-state index in [-0.39, 0.29) is 5.82 Å². The molecule has 1 rings (SSSR count). The highest BCUT2D eigenvalue weighted by Crippen LogP contribution is 2.34. The third kappa shape index (κ3) is 3.91. The highest BCUT2D eigenvalue weighted by atomic mass is 19.4. The number of hydrogen-bond donors (Lipinski definition) is 1. The molecule has 0 spiro atoms. The molecule has 0 fully saturated rings. The summed E-state index contributed by atoms with van der Waals surface area (Å²) in [5.74, 6) is -0.0987. The Morgan fingerprint density at radius 2 is 1.94 bits per heavy atom. The second-order valence-corrected chi connectivity index (χ2v) is 4.66. The first kappa shape index (κ1) is 13.8. The molecular weight excluding hydrogens is 229 g/mol. The van der Waals surface area contributed by atoms with Crippen LogP contribution in [0.3, 0.4) is 0 Å². The maximum Gasteiger partial charge on any atom is 0.419 e. The molecule has 0 amide bonds. The van der Waals surface area contributed by atoms with Crippen molar-refractivity contribution in [1.29, 1.82) is 0 Å². The van der Waals surface area contributed by atoms with Gasteiger partial charge in [0, 0.05) is 11.7 Å². The number of halogens is 3. The van der Waals surface area contributed by atoms with E-state index in [0.29, 0.717) is 0 Å². The summed E-state index contributed by atoms with van der Waals surface area (Å²) < 4.78 is 38.2. The molecule has 0 saturated carbocycles. The Morgan fingerprint density at radius 3 is 2.47 bits per heavy atom. The molecule has 0 aliphatic carbocycles. The van der Waals surface area contributed by atoms with Crippen LogP contribution in [0.2, 0.25) is 0 Å². The molecule has 0 unspecified atom stereocenters. The van der Waals surface area contributed by atoms with Gasteiger partial charge >= 0.3 is 6.18 Å². The molecule has 0 radical (unpaired) electrons. The molecule has 0 aliphatic heterocycles. The Balaban J connectivity index is 2.99. The highest BCUT2D eigenvalue weighted by Gasteiger charge is 2.35. The zero-order chi connectivity index (χ0) is 13.1. The van der Waals surface area contributed by atoms with Crippen LogP contribution in [0.15, 0.2) is 18.3 Å². The van der Waals surface area contributed by atoms with Gasteiger partial charge in [-0.2, -0.15) is 13.2 Å². The van der Waals surface area contributed by atoms with Gasteiger partial charge in [-0.3, -0.25) is 0 Å². The van der Waals surface area contributed by atoms with E-state index in [0.717, 1.165) is 18.9 Å². The molecule has 5 heteroatoms. The Bertz CT molecular complexity index is 372. The SMILES string of the molecule is CCCC(C)(C)Nc1ncccc1C(F)(F)F. The van der Waals surface area contributed by atoms with Crippen LogP contribution in [0.1, 0.15) is 39.2 Å². The Hall–Kier alpha value is -1.26. The van der Waals surface area contributed by atoms with Crippen molar-refractivity contribution in [3.05, 3.63) is 23.9 Å². The number of nitrogens with one attached hydrogen (secondary N) is 1. The molecular formula is C12H17F3N2. The minimum atomic E-state index is -4.38. The molecule has 2 nitrogen and oxygen atoms in total. The van der Waals surface area contributed by atoms with Gasteiger partial charge in [-0.1, -0.05) is 13.3 Å². The van der Waals surface area contributed by atoms with Crippen molar-refractivity contribution in [3.63, 3.8) is 0 Å². The molecule has 0 saturated heterocycles. The number of aromatic nitrogens is 1. The first-order valence-corrected chi connectivity index (χ1v) is 5.56. The van der Waals surface area contributed by atoms with Crippen LogP contribution < -0.4 is 5.32 Å². The molecule has 96 valence electrons. The summed E-state index contributed by atoms with van der Waals surface area (Å²) in [5.41, 5.74) is -1.12. The average Bonchev–Trinajstić information content (AvgIpc) is 2.15. The monoisotopic (exact) mass is 246 g/mol. The quantitative estimate of drug-likeness (QED) is 0.865. The Kier molecular flexibility index (Phi) is 4.01. The zero-order valence-corrected chi connectivity index (χ0v) is 10.2. The van der Waals surface area contributed by atoms with Crippen molar-refractivity contribution < 1.29 is 13.2 Å². The summed E-state index contributed by atoms with van der Waals surface area (Å²) in [6, 6.07) is 2.33. The molecule has 0 aliphatic rings. The molecule has 1 aromatic heterocycles. The van der Waals surface area contributed by atoms with Crippen LogP contribution in [0.5, 0.6) is 0 Å². The minimum absolute atomic E-state index is 0.0987. The van der Waals surface area contributed by atoms with Gasteiger partial charge < -0.3 is 5.32 Å². The van der Waals surface area contributed by atoms with Crippen molar-refractivity contribution in [1.82, 2.24) is 4.98 Å². The normalized spacial score (nSPS) is 12.6. The van der Waals surface area contributed by atoms with E-state index in [1.165, 1.54) is 12.3 Å². The van der Waals surface area contributed by atoms with E-state index in [9.17, 15) is 13.2 Å².